The summed E-state index contributed by atoms with van der Waals surface area (Å²) in [5.41, 5.74) is 1.34. The Balaban J connectivity index is 1.52. The fourth-order valence-electron chi connectivity index (χ4n) is 3.48. The summed E-state index contributed by atoms with van der Waals surface area (Å²) in [6.07, 6.45) is 0. The van der Waals surface area contributed by atoms with Crippen LogP contribution in [0.4, 0.5) is 5.69 Å². The van der Waals surface area contributed by atoms with Crippen LogP contribution in [-0.4, -0.2) is 57.1 Å². The van der Waals surface area contributed by atoms with E-state index in [1.54, 1.807) is 30.3 Å². The molecule has 10 heteroatoms. The molecule has 30 heavy (non-hydrogen) atoms. The van der Waals surface area contributed by atoms with E-state index in [2.05, 4.69) is 20.8 Å². The lowest BCUT2D eigenvalue weighted by atomic mass is 10.2. The summed E-state index contributed by atoms with van der Waals surface area (Å²) in [7, 11) is -2.05. The molecule has 0 atom stereocenters. The van der Waals surface area contributed by atoms with Gasteiger partial charge < -0.3 is 19.2 Å². The topological polar surface area (TPSA) is 100 Å². The fraction of sp³-hybridized carbons (Fsp3) is 0.250. The lowest BCUT2D eigenvalue weighted by molar-refractivity contribution is 0.0665. The number of carboxylic acids is 1. The highest BCUT2D eigenvalue weighted by Crippen LogP contribution is 2.36. The largest absolute Gasteiger partial charge is 0.497 e. The van der Waals surface area contributed by atoms with E-state index in [1.807, 2.05) is 6.07 Å². The van der Waals surface area contributed by atoms with Gasteiger partial charge >= 0.3 is 5.97 Å². The molecule has 0 unspecified atom stereocenters. The Hall–Kier alpha value is -2.56. The molecule has 1 fully saturated rings. The third kappa shape index (κ3) is 3.66. The normalized spacial score (nSPS) is 15.5. The molecule has 4 rings (SSSR count). The van der Waals surface area contributed by atoms with Crippen molar-refractivity contribution < 1.29 is 27.5 Å². The number of hydrogen-bond donors (Lipinski definition) is 1. The SMILES string of the molecule is COc1ccc(S(=O)(=O)N2CCN(c3ccc4oc(C(=O)O)cc4c3Br)CC2)cc1. The van der Waals surface area contributed by atoms with Crippen LogP contribution in [0.5, 0.6) is 5.75 Å². The van der Waals surface area contributed by atoms with Crippen LogP contribution in [0.3, 0.4) is 0 Å². The maximum Gasteiger partial charge on any atom is 0.371 e. The average Bonchev–Trinajstić information content (AvgIpc) is 3.20. The zero-order chi connectivity index (χ0) is 21.5. The van der Waals surface area contributed by atoms with Gasteiger partial charge in [-0.15, -0.1) is 0 Å². The molecule has 1 aromatic heterocycles. The standard InChI is InChI=1S/C20H19BrN2O6S/c1-28-13-2-4-14(5-3-13)30(26,27)23-10-8-22(9-11-23)16-6-7-17-15(19(16)21)12-18(29-17)20(24)25/h2-7,12H,8-11H2,1H3,(H,24,25). The number of piperazine rings is 1. The molecule has 0 saturated carbocycles. The minimum absolute atomic E-state index is 0.127. The summed E-state index contributed by atoms with van der Waals surface area (Å²) in [4.78, 5) is 13.5. The van der Waals surface area contributed by atoms with Crippen molar-refractivity contribution in [2.24, 2.45) is 0 Å². The lowest BCUT2D eigenvalue weighted by Crippen LogP contribution is -2.48. The Bertz CT molecular complexity index is 1200. The molecular formula is C20H19BrN2O6S. The molecule has 2 aromatic carbocycles. The molecule has 2 heterocycles. The van der Waals surface area contributed by atoms with Crippen LogP contribution in [0, 0.1) is 0 Å². The molecule has 158 valence electrons. The summed E-state index contributed by atoms with van der Waals surface area (Å²) in [5.74, 6) is -0.653. The number of furan rings is 1. The van der Waals surface area contributed by atoms with Crippen molar-refractivity contribution in [1.82, 2.24) is 4.31 Å². The lowest BCUT2D eigenvalue weighted by Gasteiger charge is -2.35. The Labute approximate surface area is 181 Å². The van der Waals surface area contributed by atoms with Gasteiger partial charge in [-0.1, -0.05) is 0 Å². The van der Waals surface area contributed by atoms with E-state index in [4.69, 9.17) is 14.3 Å². The van der Waals surface area contributed by atoms with E-state index in [1.165, 1.54) is 17.5 Å². The van der Waals surface area contributed by atoms with E-state index in [0.717, 1.165) is 10.2 Å². The number of rotatable bonds is 5. The van der Waals surface area contributed by atoms with Crippen molar-refractivity contribution in [2.45, 2.75) is 4.90 Å². The first-order chi connectivity index (χ1) is 14.3. The second kappa shape index (κ2) is 7.93. The molecule has 1 aliphatic heterocycles. The third-order valence-electron chi connectivity index (χ3n) is 5.10. The van der Waals surface area contributed by atoms with Crippen molar-refractivity contribution in [3.8, 4) is 5.75 Å². The predicted molar refractivity (Wildman–Crippen MR) is 115 cm³/mol. The number of halogens is 1. The fourth-order valence-corrected chi connectivity index (χ4v) is 5.60. The second-order valence-corrected chi connectivity index (χ2v) is 9.52. The quantitative estimate of drug-likeness (QED) is 0.579. The molecule has 8 nitrogen and oxygen atoms in total. The number of carbonyl (C=O) groups is 1. The molecule has 0 radical (unpaired) electrons. The van der Waals surface area contributed by atoms with Crippen LogP contribution in [0.15, 0.2) is 56.2 Å². The van der Waals surface area contributed by atoms with E-state index >= 15 is 0 Å². The Morgan fingerprint density at radius 1 is 1.10 bits per heavy atom. The van der Waals surface area contributed by atoms with Gasteiger partial charge in [0, 0.05) is 37.6 Å². The van der Waals surface area contributed by atoms with Gasteiger partial charge in [0.2, 0.25) is 15.8 Å². The van der Waals surface area contributed by atoms with Gasteiger partial charge in [-0.25, -0.2) is 13.2 Å². The monoisotopic (exact) mass is 494 g/mol. The number of fused-ring (bicyclic) bond motifs is 1. The van der Waals surface area contributed by atoms with Crippen LogP contribution in [0.1, 0.15) is 10.6 Å². The number of carboxylic acid groups (broad SMARTS) is 1. The van der Waals surface area contributed by atoms with E-state index in [-0.39, 0.29) is 10.7 Å². The number of hydrogen-bond acceptors (Lipinski definition) is 6. The minimum Gasteiger partial charge on any atom is -0.497 e. The number of nitrogens with zero attached hydrogens (tertiary/aromatic N) is 2. The average molecular weight is 495 g/mol. The summed E-state index contributed by atoms with van der Waals surface area (Å²) in [6, 6.07) is 11.4. The van der Waals surface area contributed by atoms with Gasteiger partial charge in [-0.2, -0.15) is 4.31 Å². The molecule has 1 aliphatic rings. The molecule has 0 bridgehead atoms. The van der Waals surface area contributed by atoms with E-state index in [0.29, 0.717) is 42.9 Å². The third-order valence-corrected chi connectivity index (χ3v) is 7.85. The number of anilines is 1. The zero-order valence-electron chi connectivity index (χ0n) is 16.0. The Morgan fingerprint density at radius 3 is 2.37 bits per heavy atom. The van der Waals surface area contributed by atoms with Gasteiger partial charge in [-0.05, 0) is 52.3 Å². The highest BCUT2D eigenvalue weighted by molar-refractivity contribution is 9.10. The highest BCUT2D eigenvalue weighted by Gasteiger charge is 2.29. The molecule has 0 aliphatic carbocycles. The van der Waals surface area contributed by atoms with Crippen molar-refractivity contribution in [3.63, 3.8) is 0 Å². The molecular weight excluding hydrogens is 476 g/mol. The molecule has 0 amide bonds. The van der Waals surface area contributed by atoms with Crippen LogP contribution in [0.2, 0.25) is 0 Å². The van der Waals surface area contributed by atoms with Crippen LogP contribution >= 0.6 is 15.9 Å². The van der Waals surface area contributed by atoms with E-state index in [9.17, 15) is 13.2 Å². The first kappa shape index (κ1) is 20.7. The minimum atomic E-state index is -3.58. The van der Waals surface area contributed by atoms with Crippen LogP contribution in [0.25, 0.3) is 11.0 Å². The van der Waals surface area contributed by atoms with Crippen LogP contribution in [-0.2, 0) is 10.0 Å². The summed E-state index contributed by atoms with van der Waals surface area (Å²) in [5, 5.41) is 9.80. The van der Waals surface area contributed by atoms with Crippen molar-refractivity contribution in [1.29, 1.82) is 0 Å². The molecule has 1 N–H and O–H groups in total. The number of sulfonamides is 1. The predicted octanol–water partition coefficient (Wildman–Crippen LogP) is 3.41. The summed E-state index contributed by atoms with van der Waals surface area (Å²) in [6.45, 7) is 1.68. The van der Waals surface area contributed by atoms with Crippen LogP contribution < -0.4 is 9.64 Å². The van der Waals surface area contributed by atoms with Crippen molar-refractivity contribution in [2.75, 3.05) is 38.2 Å². The van der Waals surface area contributed by atoms with Gasteiger partial charge in [0.15, 0.2) is 0 Å². The maximum atomic E-state index is 12.9. The molecule has 1 saturated heterocycles. The Morgan fingerprint density at radius 2 is 1.77 bits per heavy atom. The zero-order valence-corrected chi connectivity index (χ0v) is 18.4. The van der Waals surface area contributed by atoms with Gasteiger partial charge in [0.25, 0.3) is 0 Å². The first-order valence-corrected chi connectivity index (χ1v) is 11.4. The number of ether oxygens (including phenoxy) is 1. The number of aromatic carboxylic acids is 1. The van der Waals surface area contributed by atoms with Gasteiger partial charge in [0.05, 0.1) is 22.2 Å². The smallest absolute Gasteiger partial charge is 0.371 e. The molecule has 0 spiro atoms. The summed E-state index contributed by atoms with van der Waals surface area (Å²) < 4.78 is 38.5. The van der Waals surface area contributed by atoms with Gasteiger partial charge in [-0.3, -0.25) is 0 Å². The van der Waals surface area contributed by atoms with Crippen molar-refractivity contribution >= 4 is 48.6 Å². The van der Waals surface area contributed by atoms with Gasteiger partial charge in [0.1, 0.15) is 11.3 Å². The number of benzene rings is 2. The molecule has 3 aromatic rings. The second-order valence-electron chi connectivity index (χ2n) is 6.79. The van der Waals surface area contributed by atoms with E-state index < -0.39 is 16.0 Å². The summed E-state index contributed by atoms with van der Waals surface area (Å²) >= 11 is 3.55. The maximum absolute atomic E-state index is 12.9. The first-order valence-electron chi connectivity index (χ1n) is 9.16. The highest BCUT2D eigenvalue weighted by atomic mass is 79.9. The number of methoxy groups -OCH3 is 1. The Kier molecular flexibility index (Phi) is 5.48. The van der Waals surface area contributed by atoms with Crippen molar-refractivity contribution in [3.05, 3.63) is 52.7 Å².